The average Bonchev–Trinajstić information content (AvgIpc) is 2.40. The number of carbonyl (C=O) groups excluding carboxylic acids is 1. The second-order valence-electron chi connectivity index (χ2n) is 5.00. The lowest BCUT2D eigenvalue weighted by molar-refractivity contribution is 0.108. The lowest BCUT2D eigenvalue weighted by atomic mass is 9.99. The van der Waals surface area contributed by atoms with Gasteiger partial charge in [-0.3, -0.25) is 9.69 Å². The first-order valence-electron chi connectivity index (χ1n) is 6.73. The fourth-order valence-corrected chi connectivity index (χ4v) is 2.83. The molecule has 1 aliphatic heterocycles. The number of piperidine rings is 1. The van der Waals surface area contributed by atoms with Crippen molar-refractivity contribution in [2.45, 2.75) is 45.2 Å². The minimum absolute atomic E-state index is 0.383. The van der Waals surface area contributed by atoms with Gasteiger partial charge in [-0.2, -0.15) is 0 Å². The number of nitrogens with zero attached hydrogens (tertiary/aromatic N) is 1. The lowest BCUT2D eigenvalue weighted by Crippen LogP contribution is -2.38. The second kappa shape index (κ2) is 6.35. The molecule has 1 aliphatic rings. The Morgan fingerprint density at radius 2 is 2.06 bits per heavy atom. The molecule has 0 aliphatic carbocycles. The first-order valence-corrected chi connectivity index (χ1v) is 7.11. The number of hydrogen-bond acceptors (Lipinski definition) is 2. The van der Waals surface area contributed by atoms with Crippen LogP contribution in [0.2, 0.25) is 0 Å². The van der Waals surface area contributed by atoms with E-state index in [9.17, 15) is 4.79 Å². The van der Waals surface area contributed by atoms with Gasteiger partial charge in [0.1, 0.15) is 0 Å². The molecule has 0 radical (unpaired) electrons. The maximum absolute atomic E-state index is 11.0. The second-order valence-corrected chi connectivity index (χ2v) is 5.34. The van der Waals surface area contributed by atoms with Crippen LogP contribution in [0.3, 0.4) is 0 Å². The van der Waals surface area contributed by atoms with Crippen LogP contribution in [0.1, 0.15) is 48.5 Å². The number of halogens is 1. The van der Waals surface area contributed by atoms with Gasteiger partial charge < -0.3 is 0 Å². The molecule has 1 heterocycles. The van der Waals surface area contributed by atoms with E-state index in [0.717, 1.165) is 6.54 Å². The summed E-state index contributed by atoms with van der Waals surface area (Å²) >= 11 is 5.44. The van der Waals surface area contributed by atoms with E-state index < -0.39 is 0 Å². The highest BCUT2D eigenvalue weighted by atomic mass is 35.5. The zero-order chi connectivity index (χ0) is 13.0. The Labute approximate surface area is 114 Å². The number of rotatable bonds is 4. The summed E-state index contributed by atoms with van der Waals surface area (Å²) in [5.41, 5.74) is 1.84. The molecule has 1 unspecified atom stereocenters. The van der Waals surface area contributed by atoms with Gasteiger partial charge in [0.2, 0.25) is 0 Å². The standard InChI is InChI=1S/C15H20ClNO/c1-2-14-5-3-4-10-17(14)11-12-6-8-13(9-7-12)15(16)18/h6-9,14H,2-5,10-11H2,1H3. The molecule has 1 atom stereocenters. The van der Waals surface area contributed by atoms with Crippen LogP contribution in [0, 0.1) is 0 Å². The van der Waals surface area contributed by atoms with E-state index in [2.05, 4.69) is 11.8 Å². The van der Waals surface area contributed by atoms with E-state index in [1.807, 2.05) is 24.3 Å². The summed E-state index contributed by atoms with van der Waals surface area (Å²) in [6.45, 7) is 4.43. The van der Waals surface area contributed by atoms with Crippen molar-refractivity contribution < 1.29 is 4.79 Å². The van der Waals surface area contributed by atoms with Crippen LogP contribution in [0.4, 0.5) is 0 Å². The number of hydrogen-bond donors (Lipinski definition) is 0. The average molecular weight is 266 g/mol. The van der Waals surface area contributed by atoms with Crippen molar-refractivity contribution in [1.82, 2.24) is 4.90 Å². The van der Waals surface area contributed by atoms with Gasteiger partial charge in [0.25, 0.3) is 5.24 Å². The Kier molecular flexibility index (Phi) is 4.79. The van der Waals surface area contributed by atoms with Crippen LogP contribution in [0.5, 0.6) is 0 Å². The summed E-state index contributed by atoms with van der Waals surface area (Å²) in [4.78, 5) is 13.6. The van der Waals surface area contributed by atoms with E-state index >= 15 is 0 Å². The van der Waals surface area contributed by atoms with Crippen LogP contribution < -0.4 is 0 Å². The summed E-state index contributed by atoms with van der Waals surface area (Å²) < 4.78 is 0. The smallest absolute Gasteiger partial charge is 0.252 e. The Morgan fingerprint density at radius 1 is 1.33 bits per heavy atom. The van der Waals surface area contributed by atoms with Crippen molar-refractivity contribution in [3.63, 3.8) is 0 Å². The van der Waals surface area contributed by atoms with E-state index in [-0.39, 0.29) is 5.24 Å². The summed E-state index contributed by atoms with van der Waals surface area (Å²) in [5, 5.41) is -0.383. The molecule has 0 bridgehead atoms. The number of carbonyl (C=O) groups is 1. The van der Waals surface area contributed by atoms with Crippen LogP contribution >= 0.6 is 11.6 Å². The molecule has 0 saturated carbocycles. The van der Waals surface area contributed by atoms with Crippen LogP contribution in [-0.4, -0.2) is 22.7 Å². The zero-order valence-corrected chi connectivity index (χ0v) is 11.6. The third kappa shape index (κ3) is 3.33. The first kappa shape index (κ1) is 13.6. The third-order valence-electron chi connectivity index (χ3n) is 3.79. The highest BCUT2D eigenvalue weighted by molar-refractivity contribution is 6.67. The van der Waals surface area contributed by atoms with Gasteiger partial charge in [0, 0.05) is 18.2 Å². The molecule has 1 fully saturated rings. The molecule has 1 saturated heterocycles. The van der Waals surface area contributed by atoms with Gasteiger partial charge in [-0.05, 0) is 55.1 Å². The van der Waals surface area contributed by atoms with Crippen LogP contribution in [0.25, 0.3) is 0 Å². The summed E-state index contributed by atoms with van der Waals surface area (Å²) in [7, 11) is 0. The highest BCUT2D eigenvalue weighted by Crippen LogP contribution is 2.21. The van der Waals surface area contributed by atoms with Crippen LogP contribution in [0.15, 0.2) is 24.3 Å². The maximum atomic E-state index is 11.0. The van der Waals surface area contributed by atoms with Gasteiger partial charge >= 0.3 is 0 Å². The van der Waals surface area contributed by atoms with Crippen molar-refractivity contribution >= 4 is 16.8 Å². The molecule has 18 heavy (non-hydrogen) atoms. The predicted molar refractivity (Wildman–Crippen MR) is 75.0 cm³/mol. The van der Waals surface area contributed by atoms with Gasteiger partial charge in [0.15, 0.2) is 0 Å². The van der Waals surface area contributed by atoms with E-state index in [0.29, 0.717) is 11.6 Å². The summed E-state index contributed by atoms with van der Waals surface area (Å²) in [5.74, 6) is 0. The fourth-order valence-electron chi connectivity index (χ4n) is 2.71. The Hall–Kier alpha value is -0.860. The number of likely N-dealkylation sites (tertiary alicyclic amines) is 1. The Morgan fingerprint density at radius 3 is 2.67 bits per heavy atom. The molecule has 98 valence electrons. The maximum Gasteiger partial charge on any atom is 0.252 e. The fraction of sp³-hybridized carbons (Fsp3) is 0.533. The van der Waals surface area contributed by atoms with Gasteiger partial charge in [-0.25, -0.2) is 0 Å². The van der Waals surface area contributed by atoms with Crippen molar-refractivity contribution in [3.05, 3.63) is 35.4 Å². The Balaban J connectivity index is 2.01. The quantitative estimate of drug-likeness (QED) is 0.771. The highest BCUT2D eigenvalue weighted by Gasteiger charge is 2.20. The van der Waals surface area contributed by atoms with Gasteiger partial charge in [-0.1, -0.05) is 25.5 Å². The molecule has 1 aromatic rings. The molecule has 0 N–H and O–H groups in total. The monoisotopic (exact) mass is 265 g/mol. The molecule has 0 amide bonds. The molecule has 1 aromatic carbocycles. The lowest BCUT2D eigenvalue weighted by Gasteiger charge is -2.35. The predicted octanol–water partition coefficient (Wildman–Crippen LogP) is 3.83. The van der Waals surface area contributed by atoms with Crippen molar-refractivity contribution in [2.75, 3.05) is 6.54 Å². The topological polar surface area (TPSA) is 20.3 Å². The van der Waals surface area contributed by atoms with E-state index in [4.69, 9.17) is 11.6 Å². The van der Waals surface area contributed by atoms with Gasteiger partial charge in [-0.15, -0.1) is 0 Å². The van der Waals surface area contributed by atoms with Crippen molar-refractivity contribution in [3.8, 4) is 0 Å². The van der Waals surface area contributed by atoms with Crippen molar-refractivity contribution in [2.24, 2.45) is 0 Å². The summed E-state index contributed by atoms with van der Waals surface area (Å²) in [6, 6.07) is 8.37. The van der Waals surface area contributed by atoms with Gasteiger partial charge in [0.05, 0.1) is 0 Å². The van der Waals surface area contributed by atoms with Crippen LogP contribution in [-0.2, 0) is 6.54 Å². The molecule has 0 spiro atoms. The largest absolute Gasteiger partial charge is 0.296 e. The first-order chi connectivity index (χ1) is 8.70. The molecule has 0 aromatic heterocycles. The Bertz CT molecular complexity index is 401. The molecule has 3 heteroatoms. The minimum Gasteiger partial charge on any atom is -0.296 e. The van der Waals surface area contributed by atoms with Crippen molar-refractivity contribution in [1.29, 1.82) is 0 Å². The SMILES string of the molecule is CCC1CCCCN1Cc1ccc(C(=O)Cl)cc1. The summed E-state index contributed by atoms with van der Waals surface area (Å²) in [6.07, 6.45) is 5.19. The molecular formula is C15H20ClNO. The third-order valence-corrected chi connectivity index (χ3v) is 4.01. The van der Waals surface area contributed by atoms with E-state index in [1.54, 1.807) is 0 Å². The molecule has 2 nitrogen and oxygen atoms in total. The van der Waals surface area contributed by atoms with E-state index in [1.165, 1.54) is 37.8 Å². The zero-order valence-electron chi connectivity index (χ0n) is 10.9. The molecule has 2 rings (SSSR count). The molecular weight excluding hydrogens is 246 g/mol. The normalized spacial score (nSPS) is 20.9. The number of benzene rings is 1. The minimum atomic E-state index is -0.383.